The van der Waals surface area contributed by atoms with Crippen LogP contribution in [0.4, 0.5) is 21.0 Å². The van der Waals surface area contributed by atoms with E-state index in [-0.39, 0.29) is 28.7 Å². The molecule has 69 heavy (non-hydrogen) atoms. The molecule has 4 heterocycles. The molecule has 4 amide bonds. The van der Waals surface area contributed by atoms with Crippen molar-refractivity contribution in [1.82, 2.24) is 39.7 Å². The van der Waals surface area contributed by atoms with E-state index in [4.69, 9.17) is 19.4 Å². The number of thioether (sulfide) groups is 1. The van der Waals surface area contributed by atoms with Gasteiger partial charge in [0.15, 0.2) is 0 Å². The number of nitrogens with one attached hydrogen (secondary N) is 2. The van der Waals surface area contributed by atoms with Crippen molar-refractivity contribution in [3.63, 3.8) is 0 Å². The van der Waals surface area contributed by atoms with Crippen molar-refractivity contribution >= 4 is 53.1 Å². The summed E-state index contributed by atoms with van der Waals surface area (Å²) in [6.45, 7) is 2.17. The van der Waals surface area contributed by atoms with Crippen molar-refractivity contribution in [3.8, 4) is 17.2 Å². The Hall–Kier alpha value is -8.52. The minimum absolute atomic E-state index is 0.0377. The normalized spacial score (nSPS) is 13.9. The van der Waals surface area contributed by atoms with Gasteiger partial charge in [-0.2, -0.15) is 9.41 Å². The summed E-state index contributed by atoms with van der Waals surface area (Å²) < 4.78 is 14.1. The van der Waals surface area contributed by atoms with E-state index in [2.05, 4.69) is 31.1 Å². The van der Waals surface area contributed by atoms with E-state index in [1.807, 2.05) is 24.3 Å². The fourth-order valence-electron chi connectivity index (χ4n) is 7.22. The molecule has 0 spiro atoms. The van der Waals surface area contributed by atoms with Gasteiger partial charge in [0.05, 0.1) is 17.4 Å². The zero-order valence-electron chi connectivity index (χ0n) is 36.9. The lowest BCUT2D eigenvalue weighted by molar-refractivity contribution is -0.0000305. The lowest BCUT2D eigenvalue weighted by Gasteiger charge is -2.31. The van der Waals surface area contributed by atoms with E-state index in [0.29, 0.717) is 71.0 Å². The van der Waals surface area contributed by atoms with Gasteiger partial charge in [0.2, 0.25) is 5.16 Å². The van der Waals surface area contributed by atoms with Gasteiger partial charge in [-0.3, -0.25) is 9.59 Å². The maximum absolute atomic E-state index is 12.7. The molecule has 0 bridgehead atoms. The second-order valence-electron chi connectivity index (χ2n) is 15.7. The van der Waals surface area contributed by atoms with Crippen LogP contribution >= 0.6 is 11.8 Å². The highest BCUT2D eigenvalue weighted by molar-refractivity contribution is 7.99. The zero-order chi connectivity index (χ0) is 48.0. The van der Waals surface area contributed by atoms with Crippen LogP contribution in [0.5, 0.6) is 11.5 Å². The third-order valence-electron chi connectivity index (χ3n) is 10.9. The number of piperidine rings is 2. The monoisotopic (exact) mass is 950 g/mol. The Kier molecular flexibility index (Phi) is 15.5. The Balaban J connectivity index is 0.000000192. The molecule has 0 aliphatic carbocycles. The van der Waals surface area contributed by atoms with Crippen LogP contribution in [0, 0.1) is 0 Å². The number of hydrogen-bond donors (Lipinski definition) is 3. The maximum atomic E-state index is 12.7. The van der Waals surface area contributed by atoms with Crippen LogP contribution in [0.15, 0.2) is 157 Å². The first-order valence-corrected chi connectivity index (χ1v) is 22.8. The van der Waals surface area contributed by atoms with Crippen LogP contribution in [0.25, 0.3) is 5.69 Å². The number of carboxylic acid groups (broad SMARTS) is 1. The number of anilines is 2. The van der Waals surface area contributed by atoms with E-state index in [0.717, 1.165) is 25.7 Å². The minimum Gasteiger partial charge on any atom is -0.478 e. The third-order valence-corrected chi connectivity index (χ3v) is 12.2. The number of aromatic carboxylic acids is 1. The fourth-order valence-corrected chi connectivity index (χ4v) is 8.29. The molecule has 2 aromatic heterocycles. The summed E-state index contributed by atoms with van der Waals surface area (Å²) in [5.41, 5.74) is 3.21. The Labute approximate surface area is 400 Å². The first kappa shape index (κ1) is 47.0. The first-order valence-electron chi connectivity index (χ1n) is 21.9. The zero-order valence-corrected chi connectivity index (χ0v) is 37.8. The van der Waals surface area contributed by atoms with Crippen molar-refractivity contribution in [3.05, 3.63) is 169 Å². The van der Waals surface area contributed by atoms with Crippen LogP contribution in [0.1, 0.15) is 56.8 Å². The number of hydrogen-bond acceptors (Lipinski definition) is 13. The molecule has 7 aromatic rings. The number of carbonyl (C=O) groups excluding carboxylic acids is 4. The van der Waals surface area contributed by atoms with E-state index in [1.165, 1.54) is 23.9 Å². The number of carbonyl (C=O) groups is 5. The predicted octanol–water partition coefficient (Wildman–Crippen LogP) is 7.60. The summed E-state index contributed by atoms with van der Waals surface area (Å²) >= 11 is 1.52. The van der Waals surface area contributed by atoms with Crippen LogP contribution in [0.2, 0.25) is 0 Å². The van der Waals surface area contributed by atoms with E-state index in [9.17, 15) is 24.0 Å². The van der Waals surface area contributed by atoms with Crippen molar-refractivity contribution in [2.24, 2.45) is 0 Å². The van der Waals surface area contributed by atoms with E-state index >= 15 is 0 Å². The minimum atomic E-state index is -0.998. The van der Waals surface area contributed by atoms with Gasteiger partial charge in [0.1, 0.15) is 23.9 Å². The summed E-state index contributed by atoms with van der Waals surface area (Å²) in [4.78, 5) is 73.7. The number of rotatable bonds is 12. The highest BCUT2D eigenvalue weighted by Crippen LogP contribution is 2.31. The number of carboxylic acids is 1. The topological polar surface area (TPSA) is 225 Å². The summed E-state index contributed by atoms with van der Waals surface area (Å²) in [6.07, 6.45) is 7.12. The maximum Gasteiger partial charge on any atom is 0.415 e. The van der Waals surface area contributed by atoms with Gasteiger partial charge in [-0.1, -0.05) is 48.2 Å². The Bertz CT molecular complexity index is 2800. The summed E-state index contributed by atoms with van der Waals surface area (Å²) in [5, 5.41) is 27.4. The lowest BCUT2D eigenvalue weighted by Crippen LogP contribution is -2.44. The number of benzene rings is 5. The molecule has 0 radical (unpaired) electrons. The second-order valence-corrected chi connectivity index (χ2v) is 16.9. The second kappa shape index (κ2) is 22.8. The van der Waals surface area contributed by atoms with Gasteiger partial charge >= 0.3 is 18.2 Å². The number of imidazole rings is 1. The largest absolute Gasteiger partial charge is 0.478 e. The standard InChI is InChI=1S/C27H24N6O5S.C22H22N4O4/c34-24(18-4-2-1-3-5-18)28-20-8-12-22(13-9-20)38-27(37)32-16-14-23(15-17-32)39-26-29-30-31-33(26)21-10-6-19(7-11-21)25(35)36;27-21(17-4-2-1-3-5-17)24-18-6-8-19(9-7-18)29-22(28)25-13-10-20(11-14-25)30-26-15-12-23-16-26/h1-13,23H,14-17H2,(H,28,34)(H,35,36);1-9,12,15-16,20H,10-11,13-14H2,(H,24,27). The molecule has 2 fully saturated rings. The number of tetrazole rings is 1. The van der Waals surface area contributed by atoms with Crippen molar-refractivity contribution in [1.29, 1.82) is 0 Å². The quantitative estimate of drug-likeness (QED) is 0.107. The van der Waals surface area contributed by atoms with Gasteiger partial charge in [-0.25, -0.2) is 19.4 Å². The van der Waals surface area contributed by atoms with E-state index < -0.39 is 18.2 Å². The lowest BCUT2D eigenvalue weighted by atomic mass is 10.1. The fraction of sp³-hybridized carbons (Fsp3) is 0.204. The molecule has 0 atom stereocenters. The number of likely N-dealkylation sites (tertiary alicyclic amines) is 2. The molecule has 9 rings (SSSR count). The molecule has 19 nitrogen and oxygen atoms in total. The Morgan fingerprint density at radius 2 is 1.12 bits per heavy atom. The summed E-state index contributed by atoms with van der Waals surface area (Å²) in [7, 11) is 0. The number of aromatic nitrogens is 6. The summed E-state index contributed by atoms with van der Waals surface area (Å²) in [5.74, 6) is -0.591. The van der Waals surface area contributed by atoms with E-state index in [1.54, 1.807) is 135 Å². The predicted molar refractivity (Wildman–Crippen MR) is 254 cm³/mol. The molecule has 0 saturated carbocycles. The highest BCUT2D eigenvalue weighted by Gasteiger charge is 2.28. The Morgan fingerprint density at radius 3 is 1.59 bits per heavy atom. The van der Waals surface area contributed by atoms with Crippen LogP contribution < -0.4 is 24.9 Å². The smallest absolute Gasteiger partial charge is 0.415 e. The molecular weight excluding hydrogens is 905 g/mol. The molecule has 0 unspecified atom stereocenters. The highest BCUT2D eigenvalue weighted by atomic mass is 32.2. The van der Waals surface area contributed by atoms with Gasteiger partial charge in [-0.15, -0.1) is 5.10 Å². The number of nitrogens with zero attached hydrogens (tertiary/aromatic N) is 8. The average molecular weight is 951 g/mol. The average Bonchev–Trinajstić information content (AvgIpc) is 4.09. The molecule has 352 valence electrons. The molecule has 2 aliphatic rings. The van der Waals surface area contributed by atoms with Crippen molar-refractivity contribution in [2.45, 2.75) is 42.2 Å². The molecule has 2 aliphatic heterocycles. The molecule has 20 heteroatoms. The number of amides is 4. The number of ether oxygens (including phenoxy) is 2. The van der Waals surface area contributed by atoms with Crippen LogP contribution in [-0.4, -0.2) is 112 Å². The van der Waals surface area contributed by atoms with Gasteiger partial charge < -0.3 is 39.9 Å². The van der Waals surface area contributed by atoms with Crippen molar-refractivity contribution < 1.29 is 43.4 Å². The first-order chi connectivity index (χ1) is 33.6. The van der Waals surface area contributed by atoms with Crippen molar-refractivity contribution in [2.75, 3.05) is 36.8 Å². The van der Waals surface area contributed by atoms with Crippen LogP contribution in [-0.2, 0) is 0 Å². The van der Waals surface area contributed by atoms with Crippen LogP contribution in [0.3, 0.4) is 0 Å². The molecule has 5 aromatic carbocycles. The van der Waals surface area contributed by atoms with Gasteiger partial charge in [0, 0.05) is 73.0 Å². The SMILES string of the molecule is O=C(Nc1ccc(OC(=O)N2CCC(On3ccnc3)CC2)cc1)c1ccccc1.O=C(O)c1ccc(-n2nnnc2SC2CCN(C(=O)Oc3ccc(NC(=O)c4ccccc4)cc3)CC2)cc1. The molecule has 2 saturated heterocycles. The summed E-state index contributed by atoms with van der Waals surface area (Å²) in [6, 6.07) is 37.6. The molecule has 3 N–H and O–H groups in total. The van der Waals surface area contributed by atoms with Gasteiger partial charge in [-0.05, 0) is 120 Å². The third kappa shape index (κ3) is 13.1. The van der Waals surface area contributed by atoms with Gasteiger partial charge in [0.25, 0.3) is 11.8 Å². The molecular formula is C49H46N10O9S. The Morgan fingerprint density at radius 1 is 0.609 bits per heavy atom.